The third kappa shape index (κ3) is 2.47. The number of rotatable bonds is 4. The molecule has 0 radical (unpaired) electrons. The van der Waals surface area contributed by atoms with E-state index in [-0.39, 0.29) is 0 Å². The number of thioether (sulfide) groups is 1. The topological polar surface area (TPSA) is 29.3 Å². The van der Waals surface area contributed by atoms with Gasteiger partial charge in [-0.2, -0.15) is 11.8 Å². The number of nitrogens with two attached hydrogens (primary N) is 1. The van der Waals surface area contributed by atoms with Crippen molar-refractivity contribution in [2.24, 2.45) is 0 Å². The third-order valence-corrected chi connectivity index (χ3v) is 3.72. The summed E-state index contributed by atoms with van der Waals surface area (Å²) in [5, 5.41) is 0. The van der Waals surface area contributed by atoms with E-state index in [1.54, 1.807) is 0 Å². The van der Waals surface area contributed by atoms with E-state index in [2.05, 4.69) is 24.0 Å². The van der Waals surface area contributed by atoms with Gasteiger partial charge in [-0.25, -0.2) is 0 Å². The van der Waals surface area contributed by atoms with E-state index in [0.29, 0.717) is 0 Å². The van der Waals surface area contributed by atoms with Crippen molar-refractivity contribution in [3.63, 3.8) is 0 Å². The second kappa shape index (κ2) is 4.90. The first-order valence-corrected chi connectivity index (χ1v) is 6.63. The molecule has 0 amide bonds. The van der Waals surface area contributed by atoms with Gasteiger partial charge >= 0.3 is 0 Å². The molecule has 1 heterocycles. The monoisotopic (exact) mass is 222 g/mol. The van der Waals surface area contributed by atoms with Crippen molar-refractivity contribution in [3.8, 4) is 0 Å². The number of benzene rings is 1. The van der Waals surface area contributed by atoms with Gasteiger partial charge in [-0.05, 0) is 22.9 Å². The lowest BCUT2D eigenvalue weighted by atomic mass is 10.1. The fraction of sp³-hybridized carbons (Fsp3) is 0.500. The van der Waals surface area contributed by atoms with Gasteiger partial charge in [-0.15, -0.1) is 0 Å². The predicted octanol–water partition coefficient (Wildman–Crippen LogP) is 2.34. The summed E-state index contributed by atoms with van der Waals surface area (Å²) >= 11 is 2.00. The molecule has 1 aliphatic rings. The highest BCUT2D eigenvalue weighted by Crippen LogP contribution is 2.27. The molecule has 0 saturated carbocycles. The summed E-state index contributed by atoms with van der Waals surface area (Å²) in [5.41, 5.74) is 9.67. The number of nitrogens with zero attached hydrogens (tertiary/aromatic N) is 1. The van der Waals surface area contributed by atoms with Crippen LogP contribution in [0.2, 0.25) is 0 Å². The molecule has 3 heteroatoms. The molecule has 0 aromatic heterocycles. The van der Waals surface area contributed by atoms with Crippen LogP contribution in [0.5, 0.6) is 0 Å². The Morgan fingerprint density at radius 3 is 3.00 bits per heavy atom. The standard InChI is InChI=1S/C12H18N2S/c1-2-15-7-6-14-8-10-4-3-5-12(13)11(10)9-14/h3-5H,2,6-9,13H2,1H3. The lowest BCUT2D eigenvalue weighted by molar-refractivity contribution is 0.304. The van der Waals surface area contributed by atoms with Crippen LogP contribution in [0.4, 0.5) is 5.69 Å². The summed E-state index contributed by atoms with van der Waals surface area (Å²) in [7, 11) is 0. The maximum Gasteiger partial charge on any atom is 0.0363 e. The van der Waals surface area contributed by atoms with Gasteiger partial charge in [0.25, 0.3) is 0 Å². The summed E-state index contributed by atoms with van der Waals surface area (Å²) < 4.78 is 0. The fourth-order valence-corrected chi connectivity index (χ4v) is 2.69. The van der Waals surface area contributed by atoms with Gasteiger partial charge in [0, 0.05) is 31.1 Å². The first-order chi connectivity index (χ1) is 7.31. The van der Waals surface area contributed by atoms with Crippen molar-refractivity contribution in [3.05, 3.63) is 29.3 Å². The molecule has 1 aromatic rings. The molecule has 15 heavy (non-hydrogen) atoms. The number of hydrogen-bond acceptors (Lipinski definition) is 3. The van der Waals surface area contributed by atoms with Crippen molar-refractivity contribution in [1.82, 2.24) is 4.90 Å². The maximum atomic E-state index is 5.96. The van der Waals surface area contributed by atoms with E-state index in [1.165, 1.54) is 29.2 Å². The average Bonchev–Trinajstić information content (AvgIpc) is 2.63. The van der Waals surface area contributed by atoms with E-state index >= 15 is 0 Å². The molecule has 2 nitrogen and oxygen atoms in total. The number of fused-ring (bicyclic) bond motifs is 1. The molecule has 0 bridgehead atoms. The molecular formula is C12H18N2S. The molecule has 2 rings (SSSR count). The molecule has 0 fully saturated rings. The Morgan fingerprint density at radius 2 is 2.27 bits per heavy atom. The SMILES string of the molecule is CCSCCN1Cc2cccc(N)c2C1. The Labute approximate surface area is 95.8 Å². The molecule has 0 saturated heterocycles. The van der Waals surface area contributed by atoms with Gasteiger partial charge in [0.15, 0.2) is 0 Å². The van der Waals surface area contributed by atoms with E-state index in [4.69, 9.17) is 5.73 Å². The quantitative estimate of drug-likeness (QED) is 0.626. The maximum absolute atomic E-state index is 5.96. The summed E-state index contributed by atoms with van der Waals surface area (Å²) in [6.07, 6.45) is 0. The summed E-state index contributed by atoms with van der Waals surface area (Å²) in [4.78, 5) is 2.48. The predicted molar refractivity (Wildman–Crippen MR) is 68.0 cm³/mol. The van der Waals surface area contributed by atoms with Crippen LogP contribution in [-0.2, 0) is 13.1 Å². The average molecular weight is 222 g/mol. The molecule has 82 valence electrons. The van der Waals surface area contributed by atoms with Crippen molar-refractivity contribution in [2.45, 2.75) is 20.0 Å². The minimum atomic E-state index is 0.957. The van der Waals surface area contributed by atoms with E-state index in [1.807, 2.05) is 17.8 Å². The Kier molecular flexibility index (Phi) is 3.54. The van der Waals surface area contributed by atoms with Crippen LogP contribution in [0.15, 0.2) is 18.2 Å². The van der Waals surface area contributed by atoms with Crippen LogP contribution in [0.3, 0.4) is 0 Å². The smallest absolute Gasteiger partial charge is 0.0363 e. The van der Waals surface area contributed by atoms with Gasteiger partial charge < -0.3 is 5.73 Å². The van der Waals surface area contributed by atoms with Gasteiger partial charge in [-0.1, -0.05) is 19.1 Å². The number of nitrogen functional groups attached to an aromatic ring is 1. The minimum Gasteiger partial charge on any atom is -0.398 e. The first kappa shape index (κ1) is 10.8. The Balaban J connectivity index is 1.94. The highest BCUT2D eigenvalue weighted by Gasteiger charge is 2.19. The van der Waals surface area contributed by atoms with Crippen molar-refractivity contribution in [2.75, 3.05) is 23.8 Å². The second-order valence-corrected chi connectivity index (χ2v) is 5.29. The zero-order chi connectivity index (χ0) is 10.7. The van der Waals surface area contributed by atoms with Gasteiger partial charge in [0.05, 0.1) is 0 Å². The van der Waals surface area contributed by atoms with Crippen molar-refractivity contribution < 1.29 is 0 Å². The molecule has 1 aromatic carbocycles. The number of anilines is 1. The zero-order valence-electron chi connectivity index (χ0n) is 9.20. The van der Waals surface area contributed by atoms with Crippen LogP contribution in [-0.4, -0.2) is 23.0 Å². The highest BCUT2D eigenvalue weighted by molar-refractivity contribution is 7.99. The molecule has 1 aliphatic heterocycles. The molecule has 2 N–H and O–H groups in total. The van der Waals surface area contributed by atoms with Crippen LogP contribution in [0, 0.1) is 0 Å². The first-order valence-electron chi connectivity index (χ1n) is 5.47. The van der Waals surface area contributed by atoms with Crippen LogP contribution in [0.1, 0.15) is 18.1 Å². The summed E-state index contributed by atoms with van der Waals surface area (Å²) in [5.74, 6) is 2.44. The second-order valence-electron chi connectivity index (χ2n) is 3.89. The molecule has 0 unspecified atom stereocenters. The van der Waals surface area contributed by atoms with E-state index in [9.17, 15) is 0 Å². The third-order valence-electron chi connectivity index (χ3n) is 2.84. The lowest BCUT2D eigenvalue weighted by Gasteiger charge is -2.13. The van der Waals surface area contributed by atoms with Crippen LogP contribution < -0.4 is 5.73 Å². The summed E-state index contributed by atoms with van der Waals surface area (Å²) in [6.45, 7) is 5.49. The Hall–Kier alpha value is -0.670. The lowest BCUT2D eigenvalue weighted by Crippen LogP contribution is -2.19. The molecule has 0 atom stereocenters. The molecule has 0 spiro atoms. The zero-order valence-corrected chi connectivity index (χ0v) is 10.0. The molecular weight excluding hydrogens is 204 g/mol. The van der Waals surface area contributed by atoms with Crippen LogP contribution >= 0.6 is 11.8 Å². The Morgan fingerprint density at radius 1 is 1.40 bits per heavy atom. The largest absolute Gasteiger partial charge is 0.398 e. The van der Waals surface area contributed by atoms with E-state index in [0.717, 1.165) is 18.8 Å². The van der Waals surface area contributed by atoms with Crippen LogP contribution in [0.25, 0.3) is 0 Å². The normalized spacial score (nSPS) is 15.5. The number of hydrogen-bond donors (Lipinski definition) is 1. The fourth-order valence-electron chi connectivity index (χ4n) is 2.01. The highest BCUT2D eigenvalue weighted by atomic mass is 32.2. The van der Waals surface area contributed by atoms with Crippen molar-refractivity contribution in [1.29, 1.82) is 0 Å². The Bertz CT molecular complexity index is 338. The summed E-state index contributed by atoms with van der Waals surface area (Å²) in [6, 6.07) is 6.25. The van der Waals surface area contributed by atoms with Crippen molar-refractivity contribution >= 4 is 17.4 Å². The van der Waals surface area contributed by atoms with E-state index < -0.39 is 0 Å². The van der Waals surface area contributed by atoms with Gasteiger partial charge in [-0.3, -0.25) is 4.90 Å². The minimum absolute atomic E-state index is 0.957. The molecule has 0 aliphatic carbocycles. The van der Waals surface area contributed by atoms with Gasteiger partial charge in [0.1, 0.15) is 0 Å². The van der Waals surface area contributed by atoms with Gasteiger partial charge in [0.2, 0.25) is 0 Å².